The molecule has 1 atom stereocenters. The zero-order valence-electron chi connectivity index (χ0n) is 38.3. The number of unbranched alkanes of at least 4 members (excludes halogenated alkanes) is 29. The lowest BCUT2D eigenvalue weighted by atomic mass is 10.0. The van der Waals surface area contributed by atoms with E-state index >= 15 is 0 Å². The van der Waals surface area contributed by atoms with Crippen molar-refractivity contribution < 1.29 is 28.6 Å². The first-order valence-corrected chi connectivity index (χ1v) is 24.7. The number of ether oxygens (including phenoxy) is 3. The van der Waals surface area contributed by atoms with Gasteiger partial charge in [-0.2, -0.15) is 0 Å². The number of hydrogen-bond donors (Lipinski definition) is 0. The summed E-state index contributed by atoms with van der Waals surface area (Å²) in [6.45, 7) is 11.3. The van der Waals surface area contributed by atoms with Crippen molar-refractivity contribution in [1.82, 2.24) is 0 Å². The summed E-state index contributed by atoms with van der Waals surface area (Å²) in [7, 11) is 0. The van der Waals surface area contributed by atoms with Crippen molar-refractivity contribution in [2.24, 2.45) is 11.8 Å². The number of carbonyl (C=O) groups is 3. The highest BCUT2D eigenvalue weighted by Gasteiger charge is 2.19. The fourth-order valence-corrected chi connectivity index (χ4v) is 7.46. The predicted octanol–water partition coefficient (Wildman–Crippen LogP) is 15.8. The monoisotopic (exact) mass is 793 g/mol. The number of hydrogen-bond acceptors (Lipinski definition) is 6. The van der Waals surface area contributed by atoms with E-state index in [0.717, 1.165) is 69.6 Å². The van der Waals surface area contributed by atoms with Gasteiger partial charge in [-0.05, 0) is 31.1 Å². The molecule has 0 rings (SSSR count). The zero-order chi connectivity index (χ0) is 41.2. The minimum Gasteiger partial charge on any atom is -0.462 e. The van der Waals surface area contributed by atoms with Crippen LogP contribution in [0.3, 0.4) is 0 Å². The van der Waals surface area contributed by atoms with Crippen molar-refractivity contribution >= 4 is 17.9 Å². The number of esters is 3. The lowest BCUT2D eigenvalue weighted by molar-refractivity contribution is -0.167. The van der Waals surface area contributed by atoms with Crippen LogP contribution in [-0.2, 0) is 28.6 Å². The fraction of sp³-hybridized carbons (Fsp3) is 0.940. The molecule has 0 aliphatic heterocycles. The highest BCUT2D eigenvalue weighted by atomic mass is 16.6. The van der Waals surface area contributed by atoms with E-state index in [-0.39, 0.29) is 31.1 Å². The van der Waals surface area contributed by atoms with Gasteiger partial charge in [-0.25, -0.2) is 0 Å². The summed E-state index contributed by atoms with van der Waals surface area (Å²) in [4.78, 5) is 37.8. The third-order valence-corrected chi connectivity index (χ3v) is 11.2. The van der Waals surface area contributed by atoms with Gasteiger partial charge in [0.25, 0.3) is 0 Å². The Morgan fingerprint density at radius 2 is 0.589 bits per heavy atom. The summed E-state index contributed by atoms with van der Waals surface area (Å²) in [6.07, 6.45) is 42.3. The van der Waals surface area contributed by atoms with E-state index in [9.17, 15) is 14.4 Å². The molecule has 0 saturated carbocycles. The predicted molar refractivity (Wildman–Crippen MR) is 238 cm³/mol. The third kappa shape index (κ3) is 43.5. The second kappa shape index (κ2) is 43.0. The third-order valence-electron chi connectivity index (χ3n) is 11.2. The second-order valence-corrected chi connectivity index (χ2v) is 18.1. The van der Waals surface area contributed by atoms with Crippen molar-refractivity contribution in [3.63, 3.8) is 0 Å². The maximum absolute atomic E-state index is 12.7. The Hall–Kier alpha value is -1.59. The first-order valence-electron chi connectivity index (χ1n) is 24.7. The Balaban J connectivity index is 4.32. The summed E-state index contributed by atoms with van der Waals surface area (Å²) in [5.74, 6) is 0.770. The molecule has 0 radical (unpaired) electrons. The topological polar surface area (TPSA) is 78.9 Å². The minimum atomic E-state index is -0.761. The molecular formula is C50H96O6. The van der Waals surface area contributed by atoms with Crippen LogP contribution < -0.4 is 0 Å². The Kier molecular flexibility index (Phi) is 41.8. The fourth-order valence-electron chi connectivity index (χ4n) is 7.46. The number of rotatable bonds is 44. The van der Waals surface area contributed by atoms with E-state index < -0.39 is 6.10 Å². The summed E-state index contributed by atoms with van der Waals surface area (Å²) < 4.78 is 16.8. The maximum atomic E-state index is 12.7. The van der Waals surface area contributed by atoms with Crippen LogP contribution in [0, 0.1) is 11.8 Å². The van der Waals surface area contributed by atoms with Gasteiger partial charge in [0.2, 0.25) is 0 Å². The molecule has 0 heterocycles. The standard InChI is InChI=1S/C50H96O6/c1-6-7-8-9-10-11-12-13-16-20-27-32-37-42-50(53)56-47(44-55-49(52)41-36-31-26-22-21-24-29-34-39-46(4)5)43-54-48(51)40-35-30-25-19-17-14-15-18-23-28-33-38-45(2)3/h45-47H,6-44H2,1-5H3/t47-/m0/s1. The van der Waals surface area contributed by atoms with Gasteiger partial charge < -0.3 is 14.2 Å². The van der Waals surface area contributed by atoms with Crippen LogP contribution in [0.1, 0.15) is 272 Å². The SMILES string of the molecule is CCCCCCCCCCCCCCCC(=O)O[C@@H](COC(=O)CCCCCCCCCCCCCC(C)C)COC(=O)CCCCCCCCCCC(C)C. The smallest absolute Gasteiger partial charge is 0.306 e. The summed E-state index contributed by atoms with van der Waals surface area (Å²) in [5.41, 5.74) is 0. The van der Waals surface area contributed by atoms with Crippen LogP contribution in [0.4, 0.5) is 0 Å². The van der Waals surface area contributed by atoms with Crippen molar-refractivity contribution in [2.45, 2.75) is 278 Å². The van der Waals surface area contributed by atoms with Crippen LogP contribution in [-0.4, -0.2) is 37.2 Å². The van der Waals surface area contributed by atoms with Gasteiger partial charge in [0.05, 0.1) is 0 Å². The molecule has 0 bridgehead atoms. The van der Waals surface area contributed by atoms with Crippen LogP contribution in [0.15, 0.2) is 0 Å². The Morgan fingerprint density at radius 3 is 0.875 bits per heavy atom. The van der Waals surface area contributed by atoms with Gasteiger partial charge in [0.15, 0.2) is 6.10 Å². The molecule has 0 aliphatic rings. The summed E-state index contributed by atoms with van der Waals surface area (Å²) in [5, 5.41) is 0. The van der Waals surface area contributed by atoms with Gasteiger partial charge >= 0.3 is 17.9 Å². The van der Waals surface area contributed by atoms with Gasteiger partial charge in [0, 0.05) is 19.3 Å². The van der Waals surface area contributed by atoms with Gasteiger partial charge in [0.1, 0.15) is 13.2 Å². The molecule has 0 unspecified atom stereocenters. The van der Waals surface area contributed by atoms with Crippen molar-refractivity contribution in [2.75, 3.05) is 13.2 Å². The lowest BCUT2D eigenvalue weighted by Crippen LogP contribution is -2.30. The highest BCUT2D eigenvalue weighted by Crippen LogP contribution is 2.17. The van der Waals surface area contributed by atoms with Crippen molar-refractivity contribution in [3.05, 3.63) is 0 Å². The highest BCUT2D eigenvalue weighted by molar-refractivity contribution is 5.71. The largest absolute Gasteiger partial charge is 0.462 e. The molecule has 0 spiro atoms. The van der Waals surface area contributed by atoms with E-state index in [1.165, 1.54) is 161 Å². The quantitative estimate of drug-likeness (QED) is 0.0347. The average Bonchev–Trinajstić information content (AvgIpc) is 3.16. The van der Waals surface area contributed by atoms with Crippen LogP contribution in [0.5, 0.6) is 0 Å². The van der Waals surface area contributed by atoms with Gasteiger partial charge in [-0.3, -0.25) is 14.4 Å². The lowest BCUT2D eigenvalue weighted by Gasteiger charge is -2.18. The van der Waals surface area contributed by atoms with E-state index in [0.29, 0.717) is 19.3 Å². The first kappa shape index (κ1) is 54.4. The summed E-state index contributed by atoms with van der Waals surface area (Å²) >= 11 is 0. The molecule has 6 nitrogen and oxygen atoms in total. The molecule has 56 heavy (non-hydrogen) atoms. The molecule has 0 fully saturated rings. The van der Waals surface area contributed by atoms with E-state index in [1.807, 2.05) is 0 Å². The second-order valence-electron chi connectivity index (χ2n) is 18.1. The van der Waals surface area contributed by atoms with Crippen molar-refractivity contribution in [3.8, 4) is 0 Å². The Labute approximate surface area is 348 Å². The average molecular weight is 793 g/mol. The van der Waals surface area contributed by atoms with E-state index in [2.05, 4.69) is 34.6 Å². The van der Waals surface area contributed by atoms with Gasteiger partial charge in [-0.15, -0.1) is 0 Å². The molecular weight excluding hydrogens is 697 g/mol. The van der Waals surface area contributed by atoms with E-state index in [1.54, 1.807) is 0 Å². The molecule has 0 saturated heterocycles. The molecule has 6 heteroatoms. The molecule has 0 aromatic carbocycles. The minimum absolute atomic E-state index is 0.0644. The summed E-state index contributed by atoms with van der Waals surface area (Å²) in [6, 6.07) is 0. The molecule has 332 valence electrons. The normalized spacial score (nSPS) is 12.1. The zero-order valence-corrected chi connectivity index (χ0v) is 38.3. The Morgan fingerprint density at radius 1 is 0.339 bits per heavy atom. The van der Waals surface area contributed by atoms with E-state index in [4.69, 9.17) is 14.2 Å². The van der Waals surface area contributed by atoms with Crippen molar-refractivity contribution in [1.29, 1.82) is 0 Å². The molecule has 0 amide bonds. The van der Waals surface area contributed by atoms with Gasteiger partial charge in [-0.1, -0.05) is 234 Å². The van der Waals surface area contributed by atoms with Crippen LogP contribution >= 0.6 is 0 Å². The maximum Gasteiger partial charge on any atom is 0.306 e. The molecule has 0 aromatic heterocycles. The first-order chi connectivity index (χ1) is 27.2. The van der Waals surface area contributed by atoms with Crippen LogP contribution in [0.25, 0.3) is 0 Å². The molecule has 0 aromatic rings. The van der Waals surface area contributed by atoms with Crippen LogP contribution in [0.2, 0.25) is 0 Å². The molecule has 0 N–H and O–H groups in total. The Bertz CT molecular complexity index is 854. The number of carbonyl (C=O) groups excluding carboxylic acids is 3. The molecule has 0 aliphatic carbocycles.